The molecule has 19 heavy (non-hydrogen) atoms. The minimum atomic E-state index is 0.629. The average Bonchev–Trinajstić information content (AvgIpc) is 2.83. The number of H-pyrrole nitrogens is 1. The Kier molecular flexibility index (Phi) is 3.29. The number of aromatic nitrogens is 2. The molecule has 2 N–H and O–H groups in total. The Morgan fingerprint density at radius 1 is 1.11 bits per heavy atom. The van der Waals surface area contributed by atoms with Crippen molar-refractivity contribution >= 4 is 39.1 Å². The predicted molar refractivity (Wildman–Crippen MR) is 81.5 cm³/mol. The highest BCUT2D eigenvalue weighted by Crippen LogP contribution is 2.15. The van der Waals surface area contributed by atoms with Crippen LogP contribution in [0.3, 0.4) is 0 Å². The summed E-state index contributed by atoms with van der Waals surface area (Å²) >= 11 is 3.47. The highest BCUT2D eigenvalue weighted by Gasteiger charge is 1.99. The molecule has 1 heterocycles. The third-order valence-corrected chi connectivity index (χ3v) is 3.39. The summed E-state index contributed by atoms with van der Waals surface area (Å²) in [4.78, 5) is 7.52. The Morgan fingerprint density at radius 2 is 1.89 bits per heavy atom. The number of rotatable bonds is 3. The molecule has 5 heteroatoms. The molecule has 3 aromatic rings. The maximum atomic E-state index is 4.37. The van der Waals surface area contributed by atoms with Crippen molar-refractivity contribution in [2.24, 2.45) is 5.10 Å². The molecule has 4 nitrogen and oxygen atoms in total. The van der Waals surface area contributed by atoms with Gasteiger partial charge < -0.3 is 4.98 Å². The summed E-state index contributed by atoms with van der Waals surface area (Å²) in [6.45, 7) is 0. The van der Waals surface area contributed by atoms with E-state index in [9.17, 15) is 0 Å². The van der Waals surface area contributed by atoms with Crippen molar-refractivity contribution in [1.29, 1.82) is 0 Å². The molecule has 0 bridgehead atoms. The fourth-order valence-corrected chi connectivity index (χ4v) is 2.14. The van der Waals surface area contributed by atoms with Crippen LogP contribution < -0.4 is 5.43 Å². The summed E-state index contributed by atoms with van der Waals surface area (Å²) in [5.74, 6) is 0.629. The van der Waals surface area contributed by atoms with Gasteiger partial charge in [0, 0.05) is 10.0 Å². The number of fused-ring (bicyclic) bond motifs is 1. The van der Waals surface area contributed by atoms with E-state index in [-0.39, 0.29) is 0 Å². The smallest absolute Gasteiger partial charge is 0.222 e. The van der Waals surface area contributed by atoms with Crippen LogP contribution in [0.5, 0.6) is 0 Å². The van der Waals surface area contributed by atoms with Gasteiger partial charge in [0.05, 0.1) is 17.2 Å². The van der Waals surface area contributed by atoms with Gasteiger partial charge in [0.25, 0.3) is 0 Å². The van der Waals surface area contributed by atoms with Crippen molar-refractivity contribution in [3.8, 4) is 0 Å². The van der Waals surface area contributed by atoms with E-state index in [1.165, 1.54) is 0 Å². The second kappa shape index (κ2) is 5.24. The number of nitrogens with zero attached hydrogens (tertiary/aromatic N) is 2. The lowest BCUT2D eigenvalue weighted by Crippen LogP contribution is -1.92. The molecule has 0 unspecified atom stereocenters. The first kappa shape index (κ1) is 11.9. The van der Waals surface area contributed by atoms with Crippen LogP contribution >= 0.6 is 15.9 Å². The van der Waals surface area contributed by atoms with Crippen LogP contribution in [-0.4, -0.2) is 16.2 Å². The van der Waals surface area contributed by atoms with Gasteiger partial charge in [-0.15, -0.1) is 0 Å². The fraction of sp³-hybridized carbons (Fsp3) is 0. The first-order valence-electron chi connectivity index (χ1n) is 5.81. The molecule has 0 aliphatic heterocycles. The van der Waals surface area contributed by atoms with Gasteiger partial charge in [-0.05, 0) is 18.2 Å². The van der Waals surface area contributed by atoms with Crippen molar-refractivity contribution in [2.45, 2.75) is 0 Å². The number of aromatic amines is 1. The quantitative estimate of drug-likeness (QED) is 0.571. The Morgan fingerprint density at radius 3 is 2.74 bits per heavy atom. The lowest BCUT2D eigenvalue weighted by Gasteiger charge is -1.96. The number of halogens is 1. The number of imidazole rings is 1. The molecule has 0 radical (unpaired) electrons. The van der Waals surface area contributed by atoms with E-state index in [0.29, 0.717) is 5.95 Å². The van der Waals surface area contributed by atoms with Crippen molar-refractivity contribution < 1.29 is 0 Å². The number of nitrogens with one attached hydrogen (secondary N) is 2. The molecule has 2 aromatic carbocycles. The number of hydrogen-bond donors (Lipinski definition) is 2. The molecule has 3 rings (SSSR count). The lowest BCUT2D eigenvalue weighted by molar-refractivity contribution is 1.21. The largest absolute Gasteiger partial charge is 0.323 e. The van der Waals surface area contributed by atoms with Gasteiger partial charge in [0.15, 0.2) is 0 Å². The zero-order valence-electron chi connectivity index (χ0n) is 9.97. The topological polar surface area (TPSA) is 53.1 Å². The highest BCUT2D eigenvalue weighted by molar-refractivity contribution is 9.10. The van der Waals surface area contributed by atoms with E-state index in [1.54, 1.807) is 6.21 Å². The molecular weight excluding hydrogens is 304 g/mol. The van der Waals surface area contributed by atoms with E-state index in [1.807, 2.05) is 48.5 Å². The number of hydrazone groups is 1. The number of benzene rings is 2. The lowest BCUT2D eigenvalue weighted by atomic mass is 10.2. The third-order valence-electron chi connectivity index (χ3n) is 2.67. The van der Waals surface area contributed by atoms with Gasteiger partial charge in [0.1, 0.15) is 0 Å². The standard InChI is InChI=1S/C14H11BrN4/c15-11-6-2-1-5-10(11)9-16-19-14-17-12-7-3-4-8-13(12)18-14/h1-9H,(H2,17,18,19)/b16-9+. The van der Waals surface area contributed by atoms with Crippen molar-refractivity contribution in [3.63, 3.8) is 0 Å². The molecule has 0 saturated heterocycles. The zero-order chi connectivity index (χ0) is 13.1. The maximum absolute atomic E-state index is 4.37. The van der Waals surface area contributed by atoms with Gasteiger partial charge in [-0.25, -0.2) is 10.4 Å². The van der Waals surface area contributed by atoms with Gasteiger partial charge in [-0.3, -0.25) is 0 Å². The van der Waals surface area contributed by atoms with Gasteiger partial charge in [-0.1, -0.05) is 46.3 Å². The average molecular weight is 315 g/mol. The number of hydrogen-bond acceptors (Lipinski definition) is 3. The SMILES string of the molecule is Brc1ccccc1/C=N/Nc1nc2ccccc2[nH]1. The monoisotopic (exact) mass is 314 g/mol. The Hall–Kier alpha value is -2.14. The first-order valence-corrected chi connectivity index (χ1v) is 6.60. The van der Waals surface area contributed by atoms with Crippen LogP contribution in [-0.2, 0) is 0 Å². The first-order chi connectivity index (χ1) is 9.33. The second-order valence-electron chi connectivity index (χ2n) is 3.99. The molecule has 0 aliphatic rings. The summed E-state index contributed by atoms with van der Waals surface area (Å²) in [5, 5.41) is 4.17. The van der Waals surface area contributed by atoms with Crippen LogP contribution in [0.15, 0.2) is 58.1 Å². The normalized spacial score (nSPS) is 11.2. The summed E-state index contributed by atoms with van der Waals surface area (Å²) < 4.78 is 1.00. The summed E-state index contributed by atoms with van der Waals surface area (Å²) in [6, 6.07) is 15.7. The van der Waals surface area contributed by atoms with Gasteiger partial charge in [-0.2, -0.15) is 5.10 Å². The second-order valence-corrected chi connectivity index (χ2v) is 4.85. The third kappa shape index (κ3) is 2.66. The van der Waals surface area contributed by atoms with Crippen LogP contribution in [0.2, 0.25) is 0 Å². The maximum Gasteiger partial charge on any atom is 0.222 e. The van der Waals surface area contributed by atoms with Crippen molar-refractivity contribution in [3.05, 3.63) is 58.6 Å². The number of para-hydroxylation sites is 2. The van der Waals surface area contributed by atoms with E-state index < -0.39 is 0 Å². The minimum Gasteiger partial charge on any atom is -0.323 e. The Balaban J connectivity index is 1.77. The molecule has 0 atom stereocenters. The van der Waals surface area contributed by atoms with E-state index in [0.717, 1.165) is 21.1 Å². The van der Waals surface area contributed by atoms with E-state index >= 15 is 0 Å². The van der Waals surface area contributed by atoms with Gasteiger partial charge >= 0.3 is 0 Å². The summed E-state index contributed by atoms with van der Waals surface area (Å²) in [5.41, 5.74) is 5.80. The minimum absolute atomic E-state index is 0.629. The van der Waals surface area contributed by atoms with E-state index in [2.05, 4.69) is 36.4 Å². The Bertz CT molecular complexity index is 700. The molecular formula is C14H11BrN4. The molecule has 0 spiro atoms. The highest BCUT2D eigenvalue weighted by atomic mass is 79.9. The molecule has 0 aliphatic carbocycles. The molecule has 0 fully saturated rings. The summed E-state index contributed by atoms with van der Waals surface area (Å²) in [7, 11) is 0. The predicted octanol–water partition coefficient (Wildman–Crippen LogP) is 3.77. The van der Waals surface area contributed by atoms with Crippen molar-refractivity contribution in [2.75, 3.05) is 5.43 Å². The van der Waals surface area contributed by atoms with Crippen molar-refractivity contribution in [1.82, 2.24) is 9.97 Å². The molecule has 0 saturated carbocycles. The number of anilines is 1. The van der Waals surface area contributed by atoms with Crippen LogP contribution in [0, 0.1) is 0 Å². The molecule has 1 aromatic heterocycles. The fourth-order valence-electron chi connectivity index (χ4n) is 1.75. The Labute approximate surface area is 118 Å². The summed E-state index contributed by atoms with van der Waals surface area (Å²) in [6.07, 6.45) is 1.75. The van der Waals surface area contributed by atoms with Gasteiger partial charge in [0.2, 0.25) is 5.95 Å². The molecule has 0 amide bonds. The van der Waals surface area contributed by atoms with E-state index in [4.69, 9.17) is 0 Å². The molecule has 94 valence electrons. The zero-order valence-corrected chi connectivity index (χ0v) is 11.6. The van der Waals surface area contributed by atoms with Crippen LogP contribution in [0.4, 0.5) is 5.95 Å². The van der Waals surface area contributed by atoms with Crippen LogP contribution in [0.1, 0.15) is 5.56 Å². The van der Waals surface area contributed by atoms with Crippen LogP contribution in [0.25, 0.3) is 11.0 Å².